The Balaban J connectivity index is 1.75. The van der Waals surface area contributed by atoms with E-state index in [2.05, 4.69) is 16.2 Å². The second-order valence-electron chi connectivity index (χ2n) is 6.92. The van der Waals surface area contributed by atoms with Gasteiger partial charge in [-0.2, -0.15) is 10.4 Å². The lowest BCUT2D eigenvalue weighted by atomic mass is 10.1. The highest BCUT2D eigenvalue weighted by molar-refractivity contribution is 6.31. The van der Waals surface area contributed by atoms with Crippen LogP contribution in [0, 0.1) is 11.3 Å². The van der Waals surface area contributed by atoms with Crippen LogP contribution in [0.25, 0.3) is 10.9 Å². The molecule has 0 aliphatic carbocycles. The number of methoxy groups -OCH3 is 1. The minimum Gasteiger partial charge on any atom is -0.493 e. The maximum atomic E-state index is 12.7. The van der Waals surface area contributed by atoms with Gasteiger partial charge in [-0.05, 0) is 24.3 Å². The second kappa shape index (κ2) is 9.42. The van der Waals surface area contributed by atoms with Crippen molar-refractivity contribution in [1.82, 2.24) is 9.66 Å². The monoisotopic (exact) mass is 460 g/mol. The number of rotatable bonds is 6. The summed E-state index contributed by atoms with van der Waals surface area (Å²) < 4.78 is 12.1. The molecule has 1 heterocycles. The SMILES string of the molecule is COc1cc(Cl)cc(C=Nn2c(=O)[nH]c3ccccc3c2=O)c1OCc1ccccc1C#N. The number of hydrogen-bond acceptors (Lipinski definition) is 6. The van der Waals surface area contributed by atoms with Crippen LogP contribution in [-0.2, 0) is 6.61 Å². The lowest BCUT2D eigenvalue weighted by Crippen LogP contribution is -2.32. The molecule has 0 radical (unpaired) electrons. The quantitative estimate of drug-likeness (QED) is 0.441. The van der Waals surface area contributed by atoms with Crippen molar-refractivity contribution in [3.63, 3.8) is 0 Å². The second-order valence-corrected chi connectivity index (χ2v) is 7.36. The largest absolute Gasteiger partial charge is 0.493 e. The van der Waals surface area contributed by atoms with Crippen molar-refractivity contribution in [2.45, 2.75) is 6.61 Å². The minimum atomic E-state index is -0.686. The molecule has 0 aliphatic rings. The summed E-state index contributed by atoms with van der Waals surface area (Å²) in [6, 6.07) is 19.0. The summed E-state index contributed by atoms with van der Waals surface area (Å²) in [5, 5.41) is 14.1. The highest BCUT2D eigenvalue weighted by Crippen LogP contribution is 2.34. The van der Waals surface area contributed by atoms with E-state index in [1.165, 1.54) is 13.3 Å². The van der Waals surface area contributed by atoms with E-state index in [9.17, 15) is 14.9 Å². The number of ether oxygens (including phenoxy) is 2. The Bertz CT molecular complexity index is 1530. The molecule has 0 aliphatic heterocycles. The number of hydrogen-bond donors (Lipinski definition) is 1. The van der Waals surface area contributed by atoms with Crippen LogP contribution in [0.2, 0.25) is 5.02 Å². The number of aromatic amines is 1. The molecule has 0 spiro atoms. The number of aromatic nitrogens is 2. The lowest BCUT2D eigenvalue weighted by Gasteiger charge is -2.14. The summed E-state index contributed by atoms with van der Waals surface area (Å²) >= 11 is 6.21. The Morgan fingerprint density at radius 2 is 1.91 bits per heavy atom. The van der Waals surface area contributed by atoms with Crippen molar-refractivity contribution >= 4 is 28.7 Å². The first-order valence-electron chi connectivity index (χ1n) is 9.78. The summed E-state index contributed by atoms with van der Waals surface area (Å²) in [6.07, 6.45) is 1.30. The van der Waals surface area contributed by atoms with Gasteiger partial charge in [0.1, 0.15) is 6.61 Å². The molecule has 164 valence electrons. The van der Waals surface area contributed by atoms with Gasteiger partial charge in [0.05, 0.1) is 35.9 Å². The summed E-state index contributed by atoms with van der Waals surface area (Å²) in [5.74, 6) is 0.627. The molecule has 0 bridgehead atoms. The molecule has 4 rings (SSSR count). The molecular formula is C24H17ClN4O4. The van der Waals surface area contributed by atoms with E-state index in [0.29, 0.717) is 44.1 Å². The molecule has 0 saturated heterocycles. The van der Waals surface area contributed by atoms with Crippen LogP contribution in [0.1, 0.15) is 16.7 Å². The van der Waals surface area contributed by atoms with Crippen LogP contribution in [0.3, 0.4) is 0 Å². The number of para-hydroxylation sites is 1. The van der Waals surface area contributed by atoms with E-state index in [4.69, 9.17) is 21.1 Å². The standard InChI is InChI=1S/C24H17ClN4O4/c1-32-21-11-18(25)10-17(22(21)33-14-16-7-3-2-6-15(16)12-26)13-27-29-23(30)19-8-4-5-9-20(19)28-24(29)31/h2-11,13H,14H2,1H3,(H,28,31). The third-order valence-corrected chi connectivity index (χ3v) is 5.09. The molecule has 1 N–H and O–H groups in total. The van der Waals surface area contributed by atoms with Gasteiger partial charge in [0.15, 0.2) is 11.5 Å². The van der Waals surface area contributed by atoms with Gasteiger partial charge in [-0.1, -0.05) is 41.9 Å². The molecule has 1 aromatic heterocycles. The Labute approximate surface area is 192 Å². The number of benzene rings is 3. The number of nitrogens with zero attached hydrogens (tertiary/aromatic N) is 3. The predicted octanol–water partition coefficient (Wildman–Crippen LogP) is 3.68. The van der Waals surface area contributed by atoms with Crippen molar-refractivity contribution in [3.05, 3.63) is 103 Å². The molecule has 4 aromatic rings. The third kappa shape index (κ3) is 4.49. The molecule has 0 fully saturated rings. The molecule has 33 heavy (non-hydrogen) atoms. The molecule has 0 amide bonds. The van der Waals surface area contributed by atoms with E-state index in [1.807, 2.05) is 0 Å². The van der Waals surface area contributed by atoms with Crippen molar-refractivity contribution < 1.29 is 9.47 Å². The fraction of sp³-hybridized carbons (Fsp3) is 0.0833. The molecule has 3 aromatic carbocycles. The lowest BCUT2D eigenvalue weighted by molar-refractivity contribution is 0.284. The minimum absolute atomic E-state index is 0.0824. The van der Waals surface area contributed by atoms with E-state index >= 15 is 0 Å². The molecule has 0 saturated carbocycles. The van der Waals surface area contributed by atoms with E-state index in [-0.39, 0.29) is 6.61 Å². The number of halogens is 1. The number of nitriles is 1. The Morgan fingerprint density at radius 3 is 2.70 bits per heavy atom. The van der Waals surface area contributed by atoms with Crippen LogP contribution in [0.5, 0.6) is 11.5 Å². The fourth-order valence-electron chi connectivity index (χ4n) is 3.27. The maximum Gasteiger partial charge on any atom is 0.349 e. The van der Waals surface area contributed by atoms with Crippen molar-refractivity contribution in [2.75, 3.05) is 7.11 Å². The van der Waals surface area contributed by atoms with Gasteiger partial charge < -0.3 is 14.5 Å². The first-order chi connectivity index (χ1) is 16.0. The van der Waals surface area contributed by atoms with Crippen LogP contribution in [0.15, 0.2) is 75.4 Å². The Morgan fingerprint density at radius 1 is 1.15 bits per heavy atom. The molecule has 0 unspecified atom stereocenters. The molecule has 9 heteroatoms. The van der Waals surface area contributed by atoms with Gasteiger partial charge in [0.2, 0.25) is 0 Å². The maximum absolute atomic E-state index is 12.7. The van der Waals surface area contributed by atoms with Crippen LogP contribution < -0.4 is 20.7 Å². The first-order valence-corrected chi connectivity index (χ1v) is 10.2. The first kappa shape index (κ1) is 21.9. The molecular weight excluding hydrogens is 444 g/mol. The van der Waals surface area contributed by atoms with Crippen molar-refractivity contribution in [3.8, 4) is 17.6 Å². The van der Waals surface area contributed by atoms with Gasteiger partial charge in [-0.3, -0.25) is 4.79 Å². The number of fused-ring (bicyclic) bond motifs is 1. The average Bonchev–Trinajstić information content (AvgIpc) is 2.83. The smallest absolute Gasteiger partial charge is 0.349 e. The Hall–Kier alpha value is -4.35. The van der Waals surface area contributed by atoms with Gasteiger partial charge >= 0.3 is 5.69 Å². The summed E-state index contributed by atoms with van der Waals surface area (Å²) in [4.78, 5) is 27.8. The zero-order valence-electron chi connectivity index (χ0n) is 17.4. The topological polar surface area (TPSA) is 109 Å². The van der Waals surface area contributed by atoms with Gasteiger partial charge in [0.25, 0.3) is 5.56 Å². The predicted molar refractivity (Wildman–Crippen MR) is 125 cm³/mol. The van der Waals surface area contributed by atoms with E-state index in [1.54, 1.807) is 60.7 Å². The highest BCUT2D eigenvalue weighted by Gasteiger charge is 2.14. The van der Waals surface area contributed by atoms with E-state index < -0.39 is 11.2 Å². The highest BCUT2D eigenvalue weighted by atomic mass is 35.5. The Kier molecular flexibility index (Phi) is 6.24. The zero-order valence-corrected chi connectivity index (χ0v) is 18.2. The van der Waals surface area contributed by atoms with Gasteiger partial charge in [0, 0.05) is 22.2 Å². The zero-order chi connectivity index (χ0) is 23.4. The number of H-pyrrole nitrogens is 1. The normalized spacial score (nSPS) is 10.9. The molecule has 0 atom stereocenters. The van der Waals surface area contributed by atoms with Crippen LogP contribution in [0.4, 0.5) is 0 Å². The van der Waals surface area contributed by atoms with Crippen LogP contribution >= 0.6 is 11.6 Å². The average molecular weight is 461 g/mol. The number of nitrogens with one attached hydrogen (secondary N) is 1. The fourth-order valence-corrected chi connectivity index (χ4v) is 3.49. The molecule has 8 nitrogen and oxygen atoms in total. The van der Waals surface area contributed by atoms with Crippen molar-refractivity contribution in [1.29, 1.82) is 5.26 Å². The van der Waals surface area contributed by atoms with Gasteiger partial charge in [-0.15, -0.1) is 4.68 Å². The summed E-state index contributed by atoms with van der Waals surface area (Å²) in [7, 11) is 1.46. The third-order valence-electron chi connectivity index (χ3n) is 4.87. The van der Waals surface area contributed by atoms with Crippen molar-refractivity contribution in [2.24, 2.45) is 5.10 Å². The summed E-state index contributed by atoms with van der Waals surface area (Å²) in [5.41, 5.74) is 0.716. The van der Waals surface area contributed by atoms with Crippen LogP contribution in [-0.4, -0.2) is 23.0 Å². The summed E-state index contributed by atoms with van der Waals surface area (Å²) in [6.45, 7) is 0.0824. The van der Waals surface area contributed by atoms with E-state index in [0.717, 1.165) is 4.68 Å². The van der Waals surface area contributed by atoms with Gasteiger partial charge in [-0.25, -0.2) is 4.79 Å².